The molecule has 1 atom stereocenters. The van der Waals surface area contributed by atoms with Crippen LogP contribution < -0.4 is 5.32 Å². The molecular formula is C21H21FN2O2. The van der Waals surface area contributed by atoms with E-state index >= 15 is 0 Å². The zero-order valence-corrected chi connectivity index (χ0v) is 14.6. The molecule has 2 aromatic carbocycles. The number of rotatable bonds is 5. The summed E-state index contributed by atoms with van der Waals surface area (Å²) in [5.74, 6) is -0.976. The molecule has 0 radical (unpaired) electrons. The molecule has 1 heterocycles. The van der Waals surface area contributed by atoms with E-state index < -0.39 is 11.4 Å². The molecule has 0 bridgehead atoms. The number of anilines is 1. The number of para-hydroxylation sites is 1. The van der Waals surface area contributed by atoms with Crippen LogP contribution in [0.15, 0.2) is 60.7 Å². The third-order valence-electron chi connectivity index (χ3n) is 4.73. The predicted molar refractivity (Wildman–Crippen MR) is 99.9 cm³/mol. The number of hydrogen-bond donors (Lipinski definition) is 1. The van der Waals surface area contributed by atoms with Crippen LogP contribution in [0.5, 0.6) is 0 Å². The average molecular weight is 352 g/mol. The molecule has 1 aliphatic heterocycles. The molecule has 1 aliphatic rings. The lowest BCUT2D eigenvalue weighted by Gasteiger charge is -2.49. The number of nitrogens with one attached hydrogen (secondary N) is 1. The van der Waals surface area contributed by atoms with Gasteiger partial charge in [0.15, 0.2) is 0 Å². The van der Waals surface area contributed by atoms with Gasteiger partial charge in [-0.1, -0.05) is 54.6 Å². The van der Waals surface area contributed by atoms with Crippen molar-refractivity contribution < 1.29 is 14.0 Å². The molecule has 3 rings (SSSR count). The maximum atomic E-state index is 13.7. The van der Waals surface area contributed by atoms with Crippen molar-refractivity contribution in [2.45, 2.75) is 25.3 Å². The Hall–Kier alpha value is -2.95. The van der Waals surface area contributed by atoms with Crippen molar-refractivity contribution in [2.75, 3.05) is 11.9 Å². The Morgan fingerprint density at radius 3 is 2.50 bits per heavy atom. The Bertz CT molecular complexity index is 835. The molecule has 5 heteroatoms. The van der Waals surface area contributed by atoms with Crippen molar-refractivity contribution in [3.05, 3.63) is 72.1 Å². The second kappa shape index (κ2) is 7.52. The number of hydrogen-bond acceptors (Lipinski definition) is 2. The van der Waals surface area contributed by atoms with Crippen molar-refractivity contribution in [1.82, 2.24) is 4.90 Å². The van der Waals surface area contributed by atoms with Crippen LogP contribution in [0.1, 0.15) is 25.3 Å². The summed E-state index contributed by atoms with van der Waals surface area (Å²) in [5, 5.41) is 2.59. The van der Waals surface area contributed by atoms with E-state index in [1.54, 1.807) is 30.0 Å². The van der Waals surface area contributed by atoms with E-state index in [0.29, 0.717) is 13.0 Å². The van der Waals surface area contributed by atoms with Gasteiger partial charge in [0.05, 0.1) is 5.69 Å². The van der Waals surface area contributed by atoms with Crippen molar-refractivity contribution in [3.8, 4) is 0 Å². The smallest absolute Gasteiger partial charge is 0.250 e. The molecular weight excluding hydrogens is 331 g/mol. The van der Waals surface area contributed by atoms with Gasteiger partial charge < -0.3 is 10.2 Å². The minimum absolute atomic E-state index is 0.116. The topological polar surface area (TPSA) is 49.4 Å². The molecule has 1 unspecified atom stereocenters. The van der Waals surface area contributed by atoms with Crippen LogP contribution >= 0.6 is 0 Å². The number of nitrogens with zero attached hydrogens (tertiary/aromatic N) is 1. The van der Waals surface area contributed by atoms with Crippen LogP contribution in [-0.4, -0.2) is 28.8 Å². The molecule has 0 aromatic heterocycles. The van der Waals surface area contributed by atoms with E-state index in [0.717, 1.165) is 5.56 Å². The third kappa shape index (κ3) is 3.67. The lowest BCUT2D eigenvalue weighted by molar-refractivity contribution is -0.154. The van der Waals surface area contributed by atoms with Gasteiger partial charge in [-0.25, -0.2) is 4.39 Å². The molecule has 0 saturated carbocycles. The Kier molecular flexibility index (Phi) is 5.16. The summed E-state index contributed by atoms with van der Waals surface area (Å²) >= 11 is 0. The number of carbonyl (C=O) groups is 2. The van der Waals surface area contributed by atoms with Crippen LogP contribution in [-0.2, 0) is 9.59 Å². The van der Waals surface area contributed by atoms with Gasteiger partial charge in [0.1, 0.15) is 11.4 Å². The fraction of sp³-hybridized carbons (Fsp3) is 0.238. The SMILES string of the molecule is CC1(C(=O)Nc2ccccc2F)CCN1C(=O)C/C=C/c1ccccc1. The summed E-state index contributed by atoms with van der Waals surface area (Å²) in [7, 11) is 0. The maximum Gasteiger partial charge on any atom is 0.250 e. The van der Waals surface area contributed by atoms with E-state index in [1.807, 2.05) is 36.4 Å². The van der Waals surface area contributed by atoms with Crippen molar-refractivity contribution >= 4 is 23.6 Å². The van der Waals surface area contributed by atoms with Gasteiger partial charge >= 0.3 is 0 Å². The number of halogens is 1. The van der Waals surface area contributed by atoms with Gasteiger partial charge in [-0.3, -0.25) is 9.59 Å². The van der Waals surface area contributed by atoms with Gasteiger partial charge in [0.25, 0.3) is 0 Å². The number of likely N-dealkylation sites (tertiary alicyclic amines) is 1. The minimum Gasteiger partial charge on any atom is -0.328 e. The first-order valence-corrected chi connectivity index (χ1v) is 8.59. The standard InChI is InChI=1S/C21H21FN2O2/c1-21(20(26)23-18-12-6-5-11-17(18)22)14-15-24(21)19(25)13-7-10-16-8-3-2-4-9-16/h2-12H,13-15H2,1H3,(H,23,26)/b10-7+. The van der Waals surface area contributed by atoms with Crippen molar-refractivity contribution in [3.63, 3.8) is 0 Å². The Balaban J connectivity index is 1.62. The number of amides is 2. The lowest BCUT2D eigenvalue weighted by Crippen LogP contribution is -2.66. The highest BCUT2D eigenvalue weighted by Crippen LogP contribution is 2.32. The van der Waals surface area contributed by atoms with Gasteiger partial charge in [-0.15, -0.1) is 0 Å². The fourth-order valence-corrected chi connectivity index (χ4v) is 2.98. The first-order chi connectivity index (χ1) is 12.5. The lowest BCUT2D eigenvalue weighted by atomic mass is 9.85. The third-order valence-corrected chi connectivity index (χ3v) is 4.73. The van der Waals surface area contributed by atoms with Gasteiger partial charge in [-0.05, 0) is 31.0 Å². The van der Waals surface area contributed by atoms with E-state index in [-0.39, 0.29) is 23.9 Å². The van der Waals surface area contributed by atoms with E-state index in [2.05, 4.69) is 5.32 Å². The Morgan fingerprint density at radius 1 is 1.15 bits per heavy atom. The molecule has 4 nitrogen and oxygen atoms in total. The van der Waals surface area contributed by atoms with Gasteiger partial charge in [0, 0.05) is 13.0 Å². The number of carbonyl (C=O) groups excluding carboxylic acids is 2. The molecule has 2 amide bonds. The summed E-state index contributed by atoms with van der Waals surface area (Å²) in [6.07, 6.45) is 4.46. The van der Waals surface area contributed by atoms with Crippen LogP contribution in [0.4, 0.5) is 10.1 Å². The summed E-state index contributed by atoms with van der Waals surface area (Å²) in [6, 6.07) is 15.7. The van der Waals surface area contributed by atoms with Crippen LogP contribution in [0.25, 0.3) is 6.08 Å². The van der Waals surface area contributed by atoms with Crippen LogP contribution in [0, 0.1) is 5.82 Å². The van der Waals surface area contributed by atoms with E-state index in [1.165, 1.54) is 12.1 Å². The summed E-state index contributed by atoms with van der Waals surface area (Å²) in [5.41, 5.74) is 0.200. The predicted octanol–water partition coefficient (Wildman–Crippen LogP) is 3.86. The Labute approximate surface area is 152 Å². The van der Waals surface area contributed by atoms with Gasteiger partial charge in [0.2, 0.25) is 11.8 Å². The zero-order valence-electron chi connectivity index (χ0n) is 14.6. The molecule has 1 fully saturated rings. The second-order valence-electron chi connectivity index (χ2n) is 6.52. The highest BCUT2D eigenvalue weighted by Gasteiger charge is 2.49. The highest BCUT2D eigenvalue weighted by atomic mass is 19.1. The monoisotopic (exact) mass is 352 g/mol. The minimum atomic E-state index is -0.944. The zero-order chi connectivity index (χ0) is 18.6. The molecule has 1 N–H and O–H groups in total. The fourth-order valence-electron chi connectivity index (χ4n) is 2.98. The molecule has 26 heavy (non-hydrogen) atoms. The normalized spacial score (nSPS) is 19.2. The number of benzene rings is 2. The quantitative estimate of drug-likeness (QED) is 0.888. The van der Waals surface area contributed by atoms with Crippen LogP contribution in [0.2, 0.25) is 0 Å². The van der Waals surface area contributed by atoms with Gasteiger partial charge in [-0.2, -0.15) is 0 Å². The van der Waals surface area contributed by atoms with Crippen molar-refractivity contribution in [2.24, 2.45) is 0 Å². The molecule has 0 spiro atoms. The average Bonchev–Trinajstić information content (AvgIpc) is 2.63. The molecule has 0 aliphatic carbocycles. The first-order valence-electron chi connectivity index (χ1n) is 8.59. The first kappa shape index (κ1) is 17.9. The van der Waals surface area contributed by atoms with Crippen LogP contribution in [0.3, 0.4) is 0 Å². The summed E-state index contributed by atoms with van der Waals surface area (Å²) in [6.45, 7) is 2.24. The van der Waals surface area contributed by atoms with Crippen molar-refractivity contribution in [1.29, 1.82) is 0 Å². The summed E-state index contributed by atoms with van der Waals surface area (Å²) < 4.78 is 13.7. The maximum absolute atomic E-state index is 13.7. The largest absolute Gasteiger partial charge is 0.328 e. The summed E-state index contributed by atoms with van der Waals surface area (Å²) in [4.78, 5) is 26.6. The van der Waals surface area contributed by atoms with E-state index in [9.17, 15) is 14.0 Å². The molecule has 2 aromatic rings. The highest BCUT2D eigenvalue weighted by molar-refractivity contribution is 6.01. The molecule has 134 valence electrons. The Morgan fingerprint density at radius 2 is 1.85 bits per heavy atom. The van der Waals surface area contributed by atoms with E-state index in [4.69, 9.17) is 0 Å². The second-order valence-corrected chi connectivity index (χ2v) is 6.52. The molecule has 1 saturated heterocycles.